The lowest BCUT2D eigenvalue weighted by Gasteiger charge is -2.14. The largest absolute Gasteiger partial charge is 0.486 e. The Labute approximate surface area is 123 Å². The Bertz CT molecular complexity index is 562. The van der Waals surface area contributed by atoms with E-state index in [1.54, 1.807) is 12.1 Å². The van der Waals surface area contributed by atoms with Crippen LogP contribution in [0.2, 0.25) is 0 Å². The van der Waals surface area contributed by atoms with Crippen LogP contribution in [-0.2, 0) is 6.54 Å². The highest BCUT2D eigenvalue weighted by Gasteiger charge is 2.43. The van der Waals surface area contributed by atoms with Crippen LogP contribution in [0.25, 0.3) is 0 Å². The number of ether oxygens (including phenoxy) is 1. The number of nitriles is 1. The molecule has 2 rings (SSSR count). The molecule has 0 bridgehead atoms. The molecule has 0 aromatic heterocycles. The quantitative estimate of drug-likeness (QED) is 0.587. The molecule has 21 heavy (non-hydrogen) atoms. The molecule has 0 heterocycles. The van der Waals surface area contributed by atoms with Gasteiger partial charge in [0.25, 0.3) is 0 Å². The molecule has 1 aromatic carbocycles. The molecule has 0 radical (unpaired) electrons. The zero-order chi connectivity index (χ0) is 15.3. The molecular weight excluding hydrogens is 270 g/mol. The fourth-order valence-corrected chi connectivity index (χ4v) is 2.15. The second kappa shape index (κ2) is 6.55. The van der Waals surface area contributed by atoms with Crippen LogP contribution < -0.4 is 10.1 Å². The highest BCUT2D eigenvalue weighted by molar-refractivity contribution is 5.48. The maximum absolute atomic E-state index is 11.1. The summed E-state index contributed by atoms with van der Waals surface area (Å²) < 4.78 is 5.68. The average Bonchev–Trinajstić information content (AvgIpc) is 3.23. The van der Waals surface area contributed by atoms with E-state index in [0.29, 0.717) is 25.3 Å². The van der Waals surface area contributed by atoms with Crippen LogP contribution in [0, 0.1) is 26.9 Å². The van der Waals surface area contributed by atoms with E-state index in [9.17, 15) is 10.1 Å². The van der Waals surface area contributed by atoms with Crippen molar-refractivity contribution >= 4 is 5.69 Å². The zero-order valence-corrected chi connectivity index (χ0v) is 12.1. The summed E-state index contributed by atoms with van der Waals surface area (Å²) in [6.07, 6.45) is 2.34. The van der Waals surface area contributed by atoms with Gasteiger partial charge in [0.1, 0.15) is 0 Å². The minimum atomic E-state index is -0.434. The predicted molar refractivity (Wildman–Crippen MR) is 77.9 cm³/mol. The zero-order valence-electron chi connectivity index (χ0n) is 12.1. The third-order valence-electron chi connectivity index (χ3n) is 3.75. The van der Waals surface area contributed by atoms with Crippen LogP contribution in [-0.4, -0.2) is 18.1 Å². The summed E-state index contributed by atoms with van der Waals surface area (Å²) >= 11 is 0. The summed E-state index contributed by atoms with van der Waals surface area (Å²) in [5.74, 6) is 0.291. The lowest BCUT2D eigenvalue weighted by atomic mass is 10.1. The molecule has 112 valence electrons. The second-order valence-electron chi connectivity index (χ2n) is 5.46. The highest BCUT2D eigenvalue weighted by Crippen LogP contribution is 2.49. The molecule has 0 saturated heterocycles. The van der Waals surface area contributed by atoms with Gasteiger partial charge in [0, 0.05) is 24.4 Å². The van der Waals surface area contributed by atoms with Crippen LogP contribution in [0.15, 0.2) is 18.2 Å². The van der Waals surface area contributed by atoms with Crippen LogP contribution >= 0.6 is 0 Å². The van der Waals surface area contributed by atoms with E-state index in [1.807, 2.05) is 6.92 Å². The SMILES string of the molecule is CCNCc1ccc([N+](=O)[O-])c(OCC2(CC#N)CC2)c1. The first-order valence-electron chi connectivity index (χ1n) is 7.08. The first-order valence-corrected chi connectivity index (χ1v) is 7.08. The molecule has 1 aliphatic carbocycles. The molecule has 1 fully saturated rings. The van der Waals surface area contributed by atoms with Gasteiger partial charge in [0.2, 0.25) is 0 Å². The molecule has 6 nitrogen and oxygen atoms in total. The van der Waals surface area contributed by atoms with Crippen LogP contribution in [0.3, 0.4) is 0 Å². The number of nitro groups is 1. The number of nitrogens with one attached hydrogen (secondary N) is 1. The van der Waals surface area contributed by atoms with Crippen molar-refractivity contribution in [1.82, 2.24) is 5.32 Å². The maximum Gasteiger partial charge on any atom is 0.310 e. The summed E-state index contributed by atoms with van der Waals surface area (Å²) in [5.41, 5.74) is 0.825. The van der Waals surface area contributed by atoms with Gasteiger partial charge in [-0.05, 0) is 31.0 Å². The monoisotopic (exact) mass is 289 g/mol. The van der Waals surface area contributed by atoms with Gasteiger partial charge in [-0.1, -0.05) is 13.0 Å². The Morgan fingerprint density at radius 1 is 1.52 bits per heavy atom. The Balaban J connectivity index is 2.11. The fraction of sp³-hybridized carbons (Fsp3) is 0.533. The van der Waals surface area contributed by atoms with E-state index in [-0.39, 0.29) is 11.1 Å². The number of nitrogens with zero attached hydrogens (tertiary/aromatic N) is 2. The molecule has 1 saturated carbocycles. The number of hydrogen-bond donors (Lipinski definition) is 1. The van der Waals surface area contributed by atoms with Gasteiger partial charge in [-0.15, -0.1) is 0 Å². The summed E-state index contributed by atoms with van der Waals surface area (Å²) in [5, 5.41) is 23.0. The van der Waals surface area contributed by atoms with Crippen molar-refractivity contribution in [3.63, 3.8) is 0 Å². The minimum Gasteiger partial charge on any atom is -0.486 e. The molecule has 0 spiro atoms. The summed E-state index contributed by atoms with van der Waals surface area (Å²) in [4.78, 5) is 10.6. The molecule has 1 N–H and O–H groups in total. The maximum atomic E-state index is 11.1. The van der Waals surface area contributed by atoms with E-state index in [0.717, 1.165) is 24.9 Å². The Hall–Kier alpha value is -2.13. The lowest BCUT2D eigenvalue weighted by molar-refractivity contribution is -0.385. The summed E-state index contributed by atoms with van der Waals surface area (Å²) in [6, 6.07) is 7.08. The minimum absolute atomic E-state index is 0.0250. The number of hydrogen-bond acceptors (Lipinski definition) is 5. The van der Waals surface area contributed by atoms with Gasteiger partial charge in [-0.2, -0.15) is 5.26 Å². The lowest BCUT2D eigenvalue weighted by Crippen LogP contribution is -2.14. The fourth-order valence-electron chi connectivity index (χ4n) is 2.15. The number of nitro benzene ring substituents is 1. The molecule has 0 amide bonds. The topological polar surface area (TPSA) is 88.2 Å². The van der Waals surface area contributed by atoms with Gasteiger partial charge in [-0.25, -0.2) is 0 Å². The molecule has 1 aliphatic rings. The van der Waals surface area contributed by atoms with E-state index < -0.39 is 4.92 Å². The predicted octanol–water partition coefficient (Wildman–Crippen LogP) is 2.78. The van der Waals surface area contributed by atoms with Crippen molar-refractivity contribution < 1.29 is 9.66 Å². The van der Waals surface area contributed by atoms with Crippen LogP contribution in [0.5, 0.6) is 5.75 Å². The molecule has 6 heteroatoms. The normalized spacial score (nSPS) is 15.2. The smallest absolute Gasteiger partial charge is 0.310 e. The van der Waals surface area contributed by atoms with Crippen molar-refractivity contribution in [1.29, 1.82) is 5.26 Å². The van der Waals surface area contributed by atoms with Gasteiger partial charge < -0.3 is 10.1 Å². The Morgan fingerprint density at radius 3 is 2.86 bits per heavy atom. The first kappa shape index (κ1) is 15.3. The summed E-state index contributed by atoms with van der Waals surface area (Å²) in [7, 11) is 0. The van der Waals surface area contributed by atoms with Crippen molar-refractivity contribution in [3.05, 3.63) is 33.9 Å². The van der Waals surface area contributed by atoms with E-state index >= 15 is 0 Å². The van der Waals surface area contributed by atoms with E-state index in [1.165, 1.54) is 6.07 Å². The standard InChI is InChI=1S/C15H19N3O3/c1-2-17-10-12-3-4-13(18(19)20)14(9-12)21-11-15(5-6-15)7-8-16/h3-4,9,17H,2,5-7,10-11H2,1H3. The first-order chi connectivity index (χ1) is 10.1. The molecule has 0 aliphatic heterocycles. The van der Waals surface area contributed by atoms with E-state index in [4.69, 9.17) is 10.00 Å². The van der Waals surface area contributed by atoms with Crippen molar-refractivity contribution in [2.75, 3.05) is 13.2 Å². The van der Waals surface area contributed by atoms with Crippen molar-refractivity contribution in [2.45, 2.75) is 32.7 Å². The summed E-state index contributed by atoms with van der Waals surface area (Å²) in [6.45, 7) is 3.85. The van der Waals surface area contributed by atoms with Gasteiger partial charge in [-0.3, -0.25) is 10.1 Å². The average molecular weight is 289 g/mol. The highest BCUT2D eigenvalue weighted by atomic mass is 16.6. The van der Waals surface area contributed by atoms with Crippen molar-refractivity contribution in [2.24, 2.45) is 5.41 Å². The van der Waals surface area contributed by atoms with Gasteiger partial charge >= 0.3 is 5.69 Å². The third kappa shape index (κ3) is 3.92. The van der Waals surface area contributed by atoms with Crippen LogP contribution in [0.4, 0.5) is 5.69 Å². The van der Waals surface area contributed by atoms with Crippen LogP contribution in [0.1, 0.15) is 31.7 Å². The van der Waals surface area contributed by atoms with Gasteiger partial charge in [0.05, 0.1) is 17.6 Å². The third-order valence-corrected chi connectivity index (χ3v) is 3.75. The number of benzene rings is 1. The number of rotatable bonds is 8. The molecule has 0 unspecified atom stereocenters. The Morgan fingerprint density at radius 2 is 2.29 bits per heavy atom. The van der Waals surface area contributed by atoms with Gasteiger partial charge in [0.15, 0.2) is 5.75 Å². The molecular formula is C15H19N3O3. The molecule has 0 atom stereocenters. The van der Waals surface area contributed by atoms with Crippen molar-refractivity contribution in [3.8, 4) is 11.8 Å². The van der Waals surface area contributed by atoms with E-state index in [2.05, 4.69) is 11.4 Å². The second-order valence-corrected chi connectivity index (χ2v) is 5.46. The molecule has 1 aromatic rings. The Kier molecular flexibility index (Phi) is 4.76.